The van der Waals surface area contributed by atoms with Gasteiger partial charge < -0.3 is 10.3 Å². The van der Waals surface area contributed by atoms with E-state index in [0.29, 0.717) is 18.3 Å². The van der Waals surface area contributed by atoms with Gasteiger partial charge in [-0.15, -0.1) is 11.6 Å². The number of alkyl halides is 1. The molecule has 0 aliphatic carbocycles. The zero-order valence-corrected chi connectivity index (χ0v) is 10.6. The maximum atomic E-state index is 11.6. The first-order chi connectivity index (χ1) is 8.15. The number of carbonyl (C=O) groups excluding carboxylic acids is 1. The fourth-order valence-electron chi connectivity index (χ4n) is 1.42. The fourth-order valence-corrected chi connectivity index (χ4v) is 1.57. The minimum atomic E-state index is -0.328. The Bertz CT molecular complexity index is 417. The number of amides is 1. The highest BCUT2D eigenvalue weighted by atomic mass is 35.5. The molecule has 1 aromatic rings. The molecule has 1 aromatic heterocycles. The largest absolute Gasteiger partial charge is 0.367 e. The molecular weight excluding hydrogens is 240 g/mol. The van der Waals surface area contributed by atoms with Crippen molar-refractivity contribution in [3.8, 4) is 0 Å². The van der Waals surface area contributed by atoms with Gasteiger partial charge >= 0.3 is 0 Å². The highest BCUT2D eigenvalue weighted by Crippen LogP contribution is 2.06. The van der Waals surface area contributed by atoms with Crippen molar-refractivity contribution in [2.45, 2.75) is 19.8 Å². The van der Waals surface area contributed by atoms with Gasteiger partial charge in [0, 0.05) is 30.9 Å². The molecule has 0 saturated carbocycles. The molecule has 0 fully saturated rings. The number of rotatable bonds is 6. The van der Waals surface area contributed by atoms with Crippen LogP contribution in [0.5, 0.6) is 0 Å². The molecule has 0 saturated heterocycles. The Hall–Kier alpha value is -1.29. The Labute approximate surface area is 105 Å². The van der Waals surface area contributed by atoms with Crippen LogP contribution in [0, 0.1) is 5.92 Å². The van der Waals surface area contributed by atoms with Crippen molar-refractivity contribution in [1.29, 1.82) is 0 Å². The van der Waals surface area contributed by atoms with Crippen molar-refractivity contribution in [3.05, 3.63) is 34.2 Å². The Morgan fingerprint density at radius 2 is 2.35 bits per heavy atom. The Balaban J connectivity index is 2.36. The normalized spacial score (nSPS) is 12.1. The van der Waals surface area contributed by atoms with Crippen LogP contribution in [0.3, 0.4) is 0 Å². The molecule has 2 N–H and O–H groups in total. The van der Waals surface area contributed by atoms with Crippen LogP contribution < -0.4 is 10.7 Å². The third-order valence-electron chi connectivity index (χ3n) is 2.49. The Morgan fingerprint density at radius 3 is 3.00 bits per heavy atom. The van der Waals surface area contributed by atoms with Crippen LogP contribution in [0.15, 0.2) is 23.3 Å². The van der Waals surface area contributed by atoms with Crippen molar-refractivity contribution >= 4 is 17.5 Å². The monoisotopic (exact) mass is 256 g/mol. The van der Waals surface area contributed by atoms with E-state index in [1.54, 1.807) is 0 Å². The lowest BCUT2D eigenvalue weighted by molar-refractivity contribution is 0.0951. The first-order valence-electron chi connectivity index (χ1n) is 5.66. The van der Waals surface area contributed by atoms with Gasteiger partial charge in [0.15, 0.2) is 5.43 Å². The molecule has 0 radical (unpaired) electrons. The van der Waals surface area contributed by atoms with Crippen molar-refractivity contribution < 1.29 is 4.79 Å². The molecule has 17 heavy (non-hydrogen) atoms. The summed E-state index contributed by atoms with van der Waals surface area (Å²) < 4.78 is 0. The summed E-state index contributed by atoms with van der Waals surface area (Å²) in [5.41, 5.74) is -0.117. The van der Waals surface area contributed by atoms with Gasteiger partial charge in [-0.1, -0.05) is 6.92 Å². The molecule has 0 aliphatic heterocycles. The number of pyridine rings is 1. The van der Waals surface area contributed by atoms with E-state index in [1.165, 1.54) is 18.5 Å². The third kappa shape index (κ3) is 4.61. The zero-order chi connectivity index (χ0) is 12.7. The maximum absolute atomic E-state index is 11.6. The number of hydrogen-bond acceptors (Lipinski definition) is 2. The topological polar surface area (TPSA) is 62.0 Å². The molecule has 0 bridgehead atoms. The van der Waals surface area contributed by atoms with E-state index >= 15 is 0 Å². The summed E-state index contributed by atoms with van der Waals surface area (Å²) in [7, 11) is 0. The van der Waals surface area contributed by atoms with E-state index < -0.39 is 0 Å². The second kappa shape index (κ2) is 7.12. The molecule has 5 heteroatoms. The SMILES string of the molecule is CC(CCl)CCCNC(=O)c1c[nH]ccc1=O. The Morgan fingerprint density at radius 1 is 1.59 bits per heavy atom. The van der Waals surface area contributed by atoms with Crippen LogP contribution in [-0.2, 0) is 0 Å². The summed E-state index contributed by atoms with van der Waals surface area (Å²) in [5.74, 6) is 0.755. The van der Waals surface area contributed by atoms with Crippen LogP contribution in [-0.4, -0.2) is 23.3 Å². The first kappa shape index (κ1) is 13.8. The molecule has 1 amide bonds. The second-order valence-electron chi connectivity index (χ2n) is 4.08. The van der Waals surface area contributed by atoms with E-state index in [1.807, 2.05) is 0 Å². The molecule has 1 atom stereocenters. The average molecular weight is 257 g/mol. The number of H-pyrrole nitrogens is 1. The second-order valence-corrected chi connectivity index (χ2v) is 4.39. The van der Waals surface area contributed by atoms with E-state index in [0.717, 1.165) is 12.8 Å². The van der Waals surface area contributed by atoms with E-state index in [4.69, 9.17) is 11.6 Å². The molecule has 1 unspecified atom stereocenters. The number of carbonyl (C=O) groups is 1. The molecule has 0 aliphatic rings. The number of aromatic amines is 1. The van der Waals surface area contributed by atoms with Crippen molar-refractivity contribution in [2.75, 3.05) is 12.4 Å². The van der Waals surface area contributed by atoms with Gasteiger partial charge in [-0.25, -0.2) is 0 Å². The average Bonchev–Trinajstić information content (AvgIpc) is 2.34. The molecule has 1 heterocycles. The van der Waals surface area contributed by atoms with E-state index in [2.05, 4.69) is 17.2 Å². The third-order valence-corrected chi connectivity index (χ3v) is 3.02. The highest BCUT2D eigenvalue weighted by molar-refractivity contribution is 6.18. The summed E-state index contributed by atoms with van der Waals surface area (Å²) in [6.45, 7) is 2.63. The minimum Gasteiger partial charge on any atom is -0.367 e. The molecule has 1 rings (SSSR count). The number of aromatic nitrogens is 1. The summed E-state index contributed by atoms with van der Waals surface area (Å²) in [6, 6.07) is 1.34. The summed E-state index contributed by atoms with van der Waals surface area (Å²) in [4.78, 5) is 25.7. The number of nitrogens with one attached hydrogen (secondary N) is 2. The van der Waals surface area contributed by atoms with Gasteiger partial charge in [-0.3, -0.25) is 9.59 Å². The van der Waals surface area contributed by atoms with Gasteiger partial charge in [0.1, 0.15) is 5.56 Å². The minimum absolute atomic E-state index is 0.151. The van der Waals surface area contributed by atoms with Crippen LogP contribution in [0.4, 0.5) is 0 Å². The standard InChI is InChI=1S/C12H17ClN2O2/c1-9(7-13)3-2-5-15-12(17)10-8-14-6-4-11(10)16/h4,6,8-9H,2-3,5,7H2,1H3,(H,14,16)(H,15,17). The van der Waals surface area contributed by atoms with Gasteiger partial charge in [-0.2, -0.15) is 0 Å². The van der Waals surface area contributed by atoms with Gasteiger partial charge in [-0.05, 0) is 18.8 Å². The quantitative estimate of drug-likeness (QED) is 0.602. The van der Waals surface area contributed by atoms with Gasteiger partial charge in [0.2, 0.25) is 0 Å². The highest BCUT2D eigenvalue weighted by Gasteiger charge is 2.08. The van der Waals surface area contributed by atoms with Gasteiger partial charge in [0.25, 0.3) is 5.91 Å². The Kier molecular flexibility index (Phi) is 5.77. The predicted molar refractivity (Wildman–Crippen MR) is 68.5 cm³/mol. The predicted octanol–water partition coefficient (Wildman–Crippen LogP) is 1.76. The lowest BCUT2D eigenvalue weighted by Gasteiger charge is -2.07. The summed E-state index contributed by atoms with van der Waals surface area (Å²) in [6.07, 6.45) is 4.75. The molecule has 4 nitrogen and oxygen atoms in total. The van der Waals surface area contributed by atoms with Crippen molar-refractivity contribution in [1.82, 2.24) is 10.3 Å². The lowest BCUT2D eigenvalue weighted by atomic mass is 10.1. The smallest absolute Gasteiger partial charge is 0.256 e. The van der Waals surface area contributed by atoms with Crippen molar-refractivity contribution in [2.24, 2.45) is 5.92 Å². The molecular formula is C12H17ClN2O2. The van der Waals surface area contributed by atoms with Crippen LogP contribution >= 0.6 is 11.6 Å². The maximum Gasteiger partial charge on any atom is 0.256 e. The van der Waals surface area contributed by atoms with Crippen LogP contribution in [0.1, 0.15) is 30.1 Å². The summed E-state index contributed by atoms with van der Waals surface area (Å²) >= 11 is 5.68. The lowest BCUT2D eigenvalue weighted by Crippen LogP contribution is -2.29. The van der Waals surface area contributed by atoms with Gasteiger partial charge in [0.05, 0.1) is 0 Å². The summed E-state index contributed by atoms with van der Waals surface area (Å²) in [5, 5.41) is 2.72. The number of hydrogen-bond donors (Lipinski definition) is 2. The fraction of sp³-hybridized carbons (Fsp3) is 0.500. The van der Waals surface area contributed by atoms with E-state index in [9.17, 15) is 9.59 Å². The number of halogens is 1. The zero-order valence-electron chi connectivity index (χ0n) is 9.83. The van der Waals surface area contributed by atoms with Crippen molar-refractivity contribution in [3.63, 3.8) is 0 Å². The molecule has 94 valence electrons. The molecule has 0 spiro atoms. The van der Waals surface area contributed by atoms with Crippen LogP contribution in [0.25, 0.3) is 0 Å². The molecule has 0 aromatic carbocycles. The first-order valence-corrected chi connectivity index (χ1v) is 6.20. The van der Waals surface area contributed by atoms with Crippen LogP contribution in [0.2, 0.25) is 0 Å². The van der Waals surface area contributed by atoms with E-state index in [-0.39, 0.29) is 16.9 Å².